The van der Waals surface area contributed by atoms with Crippen molar-refractivity contribution in [1.29, 1.82) is 0 Å². The topological polar surface area (TPSA) is 65.5 Å². The first-order valence-corrected chi connectivity index (χ1v) is 7.41. The molecule has 0 aromatic rings. The summed E-state index contributed by atoms with van der Waals surface area (Å²) in [7, 11) is 0. The average molecular weight is 398 g/mol. The fraction of sp³-hybridized carbons (Fsp3) is 0.857. The van der Waals surface area contributed by atoms with Crippen LogP contribution in [-0.4, -0.2) is 37.5 Å². The highest BCUT2D eigenvalue weighted by Gasteiger charge is 2.03. The van der Waals surface area contributed by atoms with Crippen molar-refractivity contribution in [3.63, 3.8) is 0 Å². The Morgan fingerprint density at radius 1 is 1.15 bits per heavy atom. The van der Waals surface area contributed by atoms with Crippen LogP contribution in [0.2, 0.25) is 0 Å². The molecule has 3 N–H and O–H groups in total. The standard InChI is InChI=1S/C14H30N4O.HI/c1-5-7-8-10-16-14(15-6-2)17-11-9-13(19)18-12(3)4;/h12H,5-11H2,1-4H3,(H,18,19)(H2,15,16,17);1H. The number of hydrogen-bond acceptors (Lipinski definition) is 2. The predicted molar refractivity (Wildman–Crippen MR) is 96.8 cm³/mol. The molecule has 0 radical (unpaired) electrons. The quantitative estimate of drug-likeness (QED) is 0.242. The number of unbranched alkanes of at least 4 members (excludes halogenated alkanes) is 2. The normalized spacial score (nSPS) is 10.9. The van der Waals surface area contributed by atoms with E-state index in [-0.39, 0.29) is 35.9 Å². The van der Waals surface area contributed by atoms with E-state index in [1.54, 1.807) is 0 Å². The highest BCUT2D eigenvalue weighted by Crippen LogP contribution is 1.93. The van der Waals surface area contributed by atoms with E-state index < -0.39 is 0 Å². The first-order valence-electron chi connectivity index (χ1n) is 7.41. The Kier molecular flexibility index (Phi) is 16.2. The molecule has 0 spiro atoms. The Morgan fingerprint density at radius 2 is 1.85 bits per heavy atom. The van der Waals surface area contributed by atoms with Gasteiger partial charge in [0.05, 0.1) is 0 Å². The lowest BCUT2D eigenvalue weighted by atomic mass is 10.2. The maximum atomic E-state index is 11.5. The number of nitrogens with one attached hydrogen (secondary N) is 3. The van der Waals surface area contributed by atoms with Gasteiger partial charge in [-0.25, -0.2) is 0 Å². The number of nitrogens with zero attached hydrogens (tertiary/aromatic N) is 1. The maximum absolute atomic E-state index is 11.5. The zero-order chi connectivity index (χ0) is 14.5. The second-order valence-electron chi connectivity index (χ2n) is 4.87. The van der Waals surface area contributed by atoms with Crippen LogP contribution in [0.4, 0.5) is 0 Å². The van der Waals surface area contributed by atoms with Crippen LogP contribution in [-0.2, 0) is 4.79 Å². The third-order valence-electron chi connectivity index (χ3n) is 2.47. The minimum Gasteiger partial charge on any atom is -0.357 e. The smallest absolute Gasteiger partial charge is 0.221 e. The van der Waals surface area contributed by atoms with Crippen LogP contribution < -0.4 is 16.0 Å². The van der Waals surface area contributed by atoms with Crippen LogP contribution in [0.25, 0.3) is 0 Å². The minimum absolute atomic E-state index is 0. The van der Waals surface area contributed by atoms with Crippen molar-refractivity contribution in [2.45, 2.75) is 59.4 Å². The third-order valence-corrected chi connectivity index (χ3v) is 2.47. The van der Waals surface area contributed by atoms with Gasteiger partial charge in [0.1, 0.15) is 0 Å². The number of rotatable bonds is 9. The molecule has 0 bridgehead atoms. The summed E-state index contributed by atoms with van der Waals surface area (Å²) in [6.07, 6.45) is 3.99. The molecule has 0 aromatic carbocycles. The lowest BCUT2D eigenvalue weighted by Crippen LogP contribution is -2.40. The van der Waals surface area contributed by atoms with Gasteiger partial charge in [0.25, 0.3) is 0 Å². The largest absolute Gasteiger partial charge is 0.357 e. The highest BCUT2D eigenvalue weighted by molar-refractivity contribution is 14.0. The van der Waals surface area contributed by atoms with Gasteiger partial charge in [0.15, 0.2) is 5.96 Å². The molecule has 0 heterocycles. The van der Waals surface area contributed by atoms with Gasteiger partial charge in [-0.2, -0.15) is 0 Å². The highest BCUT2D eigenvalue weighted by atomic mass is 127. The zero-order valence-corrected chi connectivity index (χ0v) is 15.6. The van der Waals surface area contributed by atoms with Crippen LogP contribution in [0.15, 0.2) is 4.99 Å². The molecule has 120 valence electrons. The summed E-state index contributed by atoms with van der Waals surface area (Å²) in [6, 6.07) is 0.198. The molecule has 6 heteroatoms. The maximum Gasteiger partial charge on any atom is 0.221 e. The van der Waals surface area contributed by atoms with Crippen molar-refractivity contribution < 1.29 is 4.79 Å². The SMILES string of the molecule is CCCCCN=C(NCC)NCCC(=O)NC(C)C.I. The molecule has 0 aliphatic heterocycles. The third kappa shape index (κ3) is 13.9. The molecule has 0 aromatic heterocycles. The second kappa shape index (κ2) is 14.9. The first-order chi connectivity index (χ1) is 9.10. The van der Waals surface area contributed by atoms with Crippen LogP contribution in [0.5, 0.6) is 0 Å². The lowest BCUT2D eigenvalue weighted by molar-refractivity contribution is -0.121. The summed E-state index contributed by atoms with van der Waals surface area (Å²) < 4.78 is 0. The summed E-state index contributed by atoms with van der Waals surface area (Å²) in [5.74, 6) is 0.875. The van der Waals surface area contributed by atoms with Gasteiger partial charge >= 0.3 is 0 Å². The molecule has 0 rings (SSSR count). The number of carbonyl (C=O) groups excluding carboxylic acids is 1. The number of aliphatic imine (C=N–C) groups is 1. The van der Waals surface area contributed by atoms with E-state index in [4.69, 9.17) is 0 Å². The number of amides is 1. The number of guanidine groups is 1. The molecule has 0 atom stereocenters. The van der Waals surface area contributed by atoms with Crippen molar-refractivity contribution in [3.8, 4) is 0 Å². The van der Waals surface area contributed by atoms with Gasteiger partial charge in [-0.3, -0.25) is 9.79 Å². The van der Waals surface area contributed by atoms with Crippen LogP contribution in [0.1, 0.15) is 53.4 Å². The Bertz CT molecular complexity index is 270. The molecule has 1 amide bonds. The molecule has 0 saturated carbocycles. The number of carbonyl (C=O) groups is 1. The van der Waals surface area contributed by atoms with E-state index in [0.717, 1.165) is 25.5 Å². The van der Waals surface area contributed by atoms with E-state index >= 15 is 0 Å². The fourth-order valence-corrected chi connectivity index (χ4v) is 1.58. The number of halogens is 1. The van der Waals surface area contributed by atoms with E-state index in [0.29, 0.717) is 13.0 Å². The summed E-state index contributed by atoms with van der Waals surface area (Å²) in [5, 5.41) is 9.23. The summed E-state index contributed by atoms with van der Waals surface area (Å²) in [4.78, 5) is 16.0. The molecule has 20 heavy (non-hydrogen) atoms. The van der Waals surface area contributed by atoms with Gasteiger partial charge in [-0.05, 0) is 27.2 Å². The Balaban J connectivity index is 0. The zero-order valence-electron chi connectivity index (χ0n) is 13.3. The van der Waals surface area contributed by atoms with Crippen molar-refractivity contribution >= 4 is 35.8 Å². The fourth-order valence-electron chi connectivity index (χ4n) is 1.58. The molecule has 0 saturated heterocycles. The molecule has 0 unspecified atom stereocenters. The monoisotopic (exact) mass is 398 g/mol. The van der Waals surface area contributed by atoms with Crippen LogP contribution in [0.3, 0.4) is 0 Å². The van der Waals surface area contributed by atoms with Crippen molar-refractivity contribution in [2.24, 2.45) is 4.99 Å². The molecule has 0 aliphatic rings. The Labute approximate surface area is 140 Å². The van der Waals surface area contributed by atoms with Gasteiger partial charge in [-0.1, -0.05) is 19.8 Å². The molecule has 5 nitrogen and oxygen atoms in total. The molecular formula is C14H31IN4O. The Hall–Kier alpha value is -0.530. The summed E-state index contributed by atoms with van der Waals surface area (Å²) in [6.45, 7) is 10.4. The van der Waals surface area contributed by atoms with Gasteiger partial charge in [0, 0.05) is 32.1 Å². The van der Waals surface area contributed by atoms with E-state index in [1.807, 2.05) is 20.8 Å². The Morgan fingerprint density at radius 3 is 2.40 bits per heavy atom. The van der Waals surface area contributed by atoms with Gasteiger partial charge < -0.3 is 16.0 Å². The first kappa shape index (κ1) is 21.8. The van der Waals surface area contributed by atoms with Crippen molar-refractivity contribution in [1.82, 2.24) is 16.0 Å². The lowest BCUT2D eigenvalue weighted by Gasteiger charge is -2.12. The average Bonchev–Trinajstić information content (AvgIpc) is 2.33. The summed E-state index contributed by atoms with van der Waals surface area (Å²) in [5.41, 5.74) is 0. The van der Waals surface area contributed by atoms with Crippen molar-refractivity contribution in [2.75, 3.05) is 19.6 Å². The number of hydrogen-bond donors (Lipinski definition) is 3. The summed E-state index contributed by atoms with van der Waals surface area (Å²) >= 11 is 0. The minimum atomic E-state index is 0. The van der Waals surface area contributed by atoms with E-state index in [9.17, 15) is 4.79 Å². The second-order valence-corrected chi connectivity index (χ2v) is 4.87. The van der Waals surface area contributed by atoms with E-state index in [1.165, 1.54) is 12.8 Å². The predicted octanol–water partition coefficient (Wildman–Crippen LogP) is 2.26. The van der Waals surface area contributed by atoms with Crippen LogP contribution >= 0.6 is 24.0 Å². The van der Waals surface area contributed by atoms with E-state index in [2.05, 4.69) is 27.9 Å². The molecule has 0 aliphatic carbocycles. The van der Waals surface area contributed by atoms with Crippen LogP contribution in [0, 0.1) is 0 Å². The van der Waals surface area contributed by atoms with Gasteiger partial charge in [0.2, 0.25) is 5.91 Å². The van der Waals surface area contributed by atoms with Gasteiger partial charge in [-0.15, -0.1) is 24.0 Å². The molecular weight excluding hydrogens is 367 g/mol. The van der Waals surface area contributed by atoms with Crippen molar-refractivity contribution in [3.05, 3.63) is 0 Å². The molecule has 0 fully saturated rings.